The van der Waals surface area contributed by atoms with E-state index in [4.69, 9.17) is 16.3 Å². The number of Topliss-reactive ketones (excluding diaryl/α,β-unsaturated/α-hetero) is 1. The molecule has 3 rings (SSSR count). The van der Waals surface area contributed by atoms with Gasteiger partial charge in [0.15, 0.2) is 11.7 Å². The molecule has 1 N–H and O–H groups in total. The second-order valence-electron chi connectivity index (χ2n) is 5.60. The number of phenols is 1. The smallest absolute Gasteiger partial charge is 0.342 e. The van der Waals surface area contributed by atoms with Gasteiger partial charge in [0, 0.05) is 33.6 Å². The normalized spacial score (nSPS) is 10.7. The minimum atomic E-state index is -0.791. The van der Waals surface area contributed by atoms with Crippen LogP contribution in [0.15, 0.2) is 35.8 Å². The van der Waals surface area contributed by atoms with Crippen molar-refractivity contribution in [3.8, 4) is 10.9 Å². The van der Waals surface area contributed by atoms with Gasteiger partial charge in [-0.1, -0.05) is 11.6 Å². The summed E-state index contributed by atoms with van der Waals surface area (Å²) in [5, 5.41) is 12.7. The molecule has 8 heteroatoms. The molecule has 0 atom stereocenters. The van der Waals surface area contributed by atoms with Gasteiger partial charge in [0.25, 0.3) is 0 Å². The minimum Gasteiger partial charge on any atom is -0.507 e. The molecule has 134 valence electrons. The number of halogens is 1. The summed E-state index contributed by atoms with van der Waals surface area (Å²) >= 11 is 7.20. The number of thiazole rings is 1. The SMILES string of the molecule is Cc1cc(C(=O)COC(=O)c2ccc(Cl)cc2O)c(C)n1-c1nccs1. The summed E-state index contributed by atoms with van der Waals surface area (Å²) in [6.07, 6.45) is 1.70. The summed E-state index contributed by atoms with van der Waals surface area (Å²) in [6, 6.07) is 5.79. The van der Waals surface area contributed by atoms with Crippen LogP contribution in [0.1, 0.15) is 32.1 Å². The molecule has 2 heterocycles. The molecule has 1 aromatic carbocycles. The van der Waals surface area contributed by atoms with Crippen LogP contribution in [0.5, 0.6) is 5.75 Å². The lowest BCUT2D eigenvalue weighted by Gasteiger charge is -2.07. The molecule has 2 aromatic heterocycles. The molecular formula is C18H15ClN2O4S. The molecule has 0 amide bonds. The molecule has 0 aliphatic heterocycles. The average Bonchev–Trinajstić information content (AvgIpc) is 3.20. The predicted octanol–water partition coefficient (Wildman–Crippen LogP) is 3.95. The number of benzene rings is 1. The zero-order valence-corrected chi connectivity index (χ0v) is 15.6. The minimum absolute atomic E-state index is 0.0459. The van der Waals surface area contributed by atoms with E-state index < -0.39 is 12.6 Å². The van der Waals surface area contributed by atoms with Crippen LogP contribution in [0, 0.1) is 13.8 Å². The van der Waals surface area contributed by atoms with Crippen LogP contribution in [0.4, 0.5) is 0 Å². The average molecular weight is 391 g/mol. The van der Waals surface area contributed by atoms with Gasteiger partial charge < -0.3 is 9.84 Å². The van der Waals surface area contributed by atoms with Crippen molar-refractivity contribution >= 4 is 34.7 Å². The lowest BCUT2D eigenvalue weighted by molar-refractivity contribution is 0.0471. The summed E-state index contributed by atoms with van der Waals surface area (Å²) in [5.74, 6) is -1.42. The largest absolute Gasteiger partial charge is 0.507 e. The van der Waals surface area contributed by atoms with E-state index in [1.54, 1.807) is 12.3 Å². The maximum atomic E-state index is 12.5. The van der Waals surface area contributed by atoms with Crippen molar-refractivity contribution in [3.63, 3.8) is 0 Å². The highest BCUT2D eigenvalue weighted by molar-refractivity contribution is 7.12. The highest BCUT2D eigenvalue weighted by Crippen LogP contribution is 2.24. The van der Waals surface area contributed by atoms with Gasteiger partial charge in [-0.2, -0.15) is 0 Å². The van der Waals surface area contributed by atoms with Crippen LogP contribution >= 0.6 is 22.9 Å². The molecule has 0 saturated heterocycles. The Morgan fingerprint density at radius 3 is 2.69 bits per heavy atom. The number of hydrogen-bond acceptors (Lipinski definition) is 6. The maximum absolute atomic E-state index is 12.5. The van der Waals surface area contributed by atoms with E-state index >= 15 is 0 Å². The number of ketones is 1. The van der Waals surface area contributed by atoms with E-state index in [-0.39, 0.29) is 17.1 Å². The van der Waals surface area contributed by atoms with Crippen molar-refractivity contribution in [2.24, 2.45) is 0 Å². The van der Waals surface area contributed by atoms with Gasteiger partial charge >= 0.3 is 5.97 Å². The third-order valence-corrected chi connectivity index (χ3v) is 4.85. The molecule has 0 unspecified atom stereocenters. The van der Waals surface area contributed by atoms with Crippen LogP contribution < -0.4 is 0 Å². The van der Waals surface area contributed by atoms with Crippen LogP contribution in [0.2, 0.25) is 5.02 Å². The number of rotatable bonds is 5. The van der Waals surface area contributed by atoms with E-state index in [9.17, 15) is 14.7 Å². The number of aromatic hydroxyl groups is 1. The number of carbonyl (C=O) groups excluding carboxylic acids is 2. The first-order valence-electron chi connectivity index (χ1n) is 7.66. The predicted molar refractivity (Wildman–Crippen MR) is 98.6 cm³/mol. The highest BCUT2D eigenvalue weighted by atomic mass is 35.5. The second kappa shape index (κ2) is 7.31. The van der Waals surface area contributed by atoms with Crippen LogP contribution in [-0.2, 0) is 4.74 Å². The number of carbonyl (C=O) groups is 2. The fourth-order valence-corrected chi connectivity index (χ4v) is 3.55. The number of aromatic nitrogens is 2. The first-order valence-corrected chi connectivity index (χ1v) is 8.92. The first kappa shape index (κ1) is 18.2. The number of phenolic OH excluding ortho intramolecular Hbond substituents is 1. The monoisotopic (exact) mass is 390 g/mol. The molecule has 6 nitrogen and oxygen atoms in total. The van der Waals surface area contributed by atoms with Gasteiger partial charge in [-0.05, 0) is 38.1 Å². The Balaban J connectivity index is 1.75. The molecule has 0 fully saturated rings. The number of aryl methyl sites for hydroxylation is 1. The maximum Gasteiger partial charge on any atom is 0.342 e. The molecule has 0 saturated carbocycles. The van der Waals surface area contributed by atoms with E-state index in [2.05, 4.69) is 4.98 Å². The van der Waals surface area contributed by atoms with Gasteiger partial charge in [0.1, 0.15) is 11.3 Å². The van der Waals surface area contributed by atoms with E-state index in [0.717, 1.165) is 16.5 Å². The number of nitrogens with zero attached hydrogens (tertiary/aromatic N) is 2. The van der Waals surface area contributed by atoms with Gasteiger partial charge in [-0.3, -0.25) is 9.36 Å². The number of esters is 1. The highest BCUT2D eigenvalue weighted by Gasteiger charge is 2.20. The zero-order valence-electron chi connectivity index (χ0n) is 14.0. The lowest BCUT2D eigenvalue weighted by atomic mass is 10.1. The molecule has 0 aliphatic rings. The fourth-order valence-electron chi connectivity index (χ4n) is 2.63. The van der Waals surface area contributed by atoms with E-state index in [1.807, 2.05) is 23.8 Å². The van der Waals surface area contributed by atoms with Crippen LogP contribution in [0.3, 0.4) is 0 Å². The van der Waals surface area contributed by atoms with Crippen molar-refractivity contribution in [2.75, 3.05) is 6.61 Å². The molecule has 3 aromatic rings. The van der Waals surface area contributed by atoms with E-state index in [0.29, 0.717) is 10.6 Å². The second-order valence-corrected chi connectivity index (χ2v) is 6.91. The molecule has 0 bridgehead atoms. The quantitative estimate of drug-likeness (QED) is 0.527. The van der Waals surface area contributed by atoms with Crippen molar-refractivity contribution in [1.82, 2.24) is 9.55 Å². The van der Waals surface area contributed by atoms with Crippen molar-refractivity contribution in [1.29, 1.82) is 0 Å². The molecule has 0 spiro atoms. The fraction of sp³-hybridized carbons (Fsp3) is 0.167. The topological polar surface area (TPSA) is 81.4 Å². The third-order valence-electron chi connectivity index (χ3n) is 3.86. The molecular weight excluding hydrogens is 376 g/mol. The third kappa shape index (κ3) is 3.49. The standard InChI is InChI=1S/C18H15ClN2O4S/c1-10-7-14(11(2)21(10)18-20-5-6-26-18)16(23)9-25-17(24)13-4-3-12(19)8-15(13)22/h3-8,22H,9H2,1-2H3. The molecule has 26 heavy (non-hydrogen) atoms. The Morgan fingerprint density at radius 1 is 1.27 bits per heavy atom. The van der Waals surface area contributed by atoms with Crippen molar-refractivity contribution in [3.05, 3.63) is 63.4 Å². The van der Waals surface area contributed by atoms with Crippen LogP contribution in [-0.4, -0.2) is 33.0 Å². The van der Waals surface area contributed by atoms with E-state index in [1.165, 1.54) is 29.5 Å². The summed E-state index contributed by atoms with van der Waals surface area (Å²) in [5.41, 5.74) is 2.01. The number of ether oxygens (including phenoxy) is 1. The summed E-state index contributed by atoms with van der Waals surface area (Å²) in [6.45, 7) is 3.26. The number of hydrogen-bond donors (Lipinski definition) is 1. The Morgan fingerprint density at radius 2 is 2.04 bits per heavy atom. The Kier molecular flexibility index (Phi) is 5.11. The van der Waals surface area contributed by atoms with Crippen molar-refractivity contribution in [2.45, 2.75) is 13.8 Å². The first-order chi connectivity index (χ1) is 12.4. The molecule has 0 aliphatic carbocycles. The zero-order chi connectivity index (χ0) is 18.8. The lowest BCUT2D eigenvalue weighted by Crippen LogP contribution is -2.15. The van der Waals surface area contributed by atoms with Crippen LogP contribution in [0.25, 0.3) is 5.13 Å². The van der Waals surface area contributed by atoms with Gasteiger partial charge in [0.05, 0.1) is 0 Å². The van der Waals surface area contributed by atoms with Crippen molar-refractivity contribution < 1.29 is 19.4 Å². The Labute approximate surface area is 158 Å². The van der Waals surface area contributed by atoms with Gasteiger partial charge in [0.2, 0.25) is 5.78 Å². The summed E-state index contributed by atoms with van der Waals surface area (Å²) in [7, 11) is 0. The van der Waals surface area contributed by atoms with Gasteiger partial charge in [-0.15, -0.1) is 11.3 Å². The molecule has 0 radical (unpaired) electrons. The summed E-state index contributed by atoms with van der Waals surface area (Å²) in [4.78, 5) is 28.8. The summed E-state index contributed by atoms with van der Waals surface area (Å²) < 4.78 is 6.93. The Bertz CT molecular complexity index is 979. The Hall–Kier alpha value is -2.64. The van der Waals surface area contributed by atoms with Gasteiger partial charge in [-0.25, -0.2) is 9.78 Å².